The Morgan fingerprint density at radius 1 is 1.20 bits per heavy atom. The van der Waals surface area contributed by atoms with Crippen molar-refractivity contribution in [2.75, 3.05) is 13.1 Å². The quantitative estimate of drug-likeness (QED) is 0.801. The molecule has 5 heteroatoms. The van der Waals surface area contributed by atoms with Crippen LogP contribution in [0.1, 0.15) is 22.3 Å². The number of aromatic amines is 1. The van der Waals surface area contributed by atoms with Crippen molar-refractivity contribution in [2.24, 2.45) is 5.92 Å². The summed E-state index contributed by atoms with van der Waals surface area (Å²) in [6.45, 7) is 1.38. The number of fused-ring (bicyclic) bond motifs is 1. The smallest absolute Gasteiger partial charge is 0.259 e. The van der Waals surface area contributed by atoms with Crippen LogP contribution in [-0.4, -0.2) is 33.9 Å². The largest absolute Gasteiger partial charge is 0.360 e. The molecule has 3 heterocycles. The maximum absolute atomic E-state index is 12.8. The number of carbonyl (C=O) groups excluding carboxylic acids is 1. The van der Waals surface area contributed by atoms with Crippen molar-refractivity contribution in [1.82, 2.24) is 14.9 Å². The van der Waals surface area contributed by atoms with Crippen LogP contribution in [0.5, 0.6) is 0 Å². The van der Waals surface area contributed by atoms with Gasteiger partial charge in [0, 0.05) is 42.6 Å². The number of para-hydroxylation sites is 1. The topological polar surface area (TPSA) is 66.1 Å². The monoisotopic (exact) mass is 333 g/mol. The zero-order valence-corrected chi connectivity index (χ0v) is 13.8. The van der Waals surface area contributed by atoms with Crippen molar-refractivity contribution in [2.45, 2.75) is 12.8 Å². The molecule has 1 amide bonds. The second kappa shape index (κ2) is 6.51. The van der Waals surface area contributed by atoms with Gasteiger partial charge in [0.1, 0.15) is 5.56 Å². The molecule has 0 saturated carbocycles. The first-order valence-electron chi connectivity index (χ1n) is 8.51. The number of pyridine rings is 2. The van der Waals surface area contributed by atoms with Crippen LogP contribution in [0.2, 0.25) is 0 Å². The van der Waals surface area contributed by atoms with Gasteiger partial charge >= 0.3 is 0 Å². The standard InChI is InChI=1S/C20H19N3O2/c24-19-16-3-1-2-4-18(16)22-12-17(19)20(25)23-10-7-15(13-23)11-14-5-8-21-9-6-14/h1-6,8-9,12,15H,7,10-11,13H2,(H,22,24). The number of nitrogens with zero attached hydrogens (tertiary/aromatic N) is 2. The molecule has 0 bridgehead atoms. The van der Waals surface area contributed by atoms with Crippen molar-refractivity contribution >= 4 is 16.8 Å². The van der Waals surface area contributed by atoms with E-state index in [-0.39, 0.29) is 16.9 Å². The average molecular weight is 333 g/mol. The molecule has 1 aliphatic heterocycles. The highest BCUT2D eigenvalue weighted by atomic mass is 16.2. The van der Waals surface area contributed by atoms with Crippen molar-refractivity contribution in [3.8, 4) is 0 Å². The van der Waals surface area contributed by atoms with E-state index in [1.807, 2.05) is 30.3 Å². The maximum Gasteiger partial charge on any atom is 0.259 e. The lowest BCUT2D eigenvalue weighted by Crippen LogP contribution is -2.32. The molecule has 126 valence electrons. The first-order chi connectivity index (χ1) is 12.2. The number of H-pyrrole nitrogens is 1. The molecule has 2 aromatic heterocycles. The minimum absolute atomic E-state index is 0.177. The molecular formula is C20H19N3O2. The predicted octanol–water partition coefficient (Wildman–Crippen LogP) is 2.63. The van der Waals surface area contributed by atoms with E-state index in [1.54, 1.807) is 29.6 Å². The van der Waals surface area contributed by atoms with Gasteiger partial charge < -0.3 is 9.88 Å². The third-order valence-electron chi connectivity index (χ3n) is 4.87. The zero-order chi connectivity index (χ0) is 17.2. The number of hydrogen-bond donors (Lipinski definition) is 1. The summed E-state index contributed by atoms with van der Waals surface area (Å²) in [5.74, 6) is 0.245. The van der Waals surface area contributed by atoms with E-state index in [2.05, 4.69) is 9.97 Å². The van der Waals surface area contributed by atoms with Crippen molar-refractivity contribution in [1.29, 1.82) is 0 Å². The van der Waals surface area contributed by atoms with Crippen LogP contribution >= 0.6 is 0 Å². The number of nitrogens with one attached hydrogen (secondary N) is 1. The van der Waals surface area contributed by atoms with Gasteiger partial charge in [0.15, 0.2) is 0 Å². The molecule has 3 aromatic rings. The molecule has 1 unspecified atom stereocenters. The number of likely N-dealkylation sites (tertiary alicyclic amines) is 1. The van der Waals surface area contributed by atoms with Crippen LogP contribution in [0.15, 0.2) is 59.8 Å². The predicted molar refractivity (Wildman–Crippen MR) is 96.5 cm³/mol. The van der Waals surface area contributed by atoms with E-state index < -0.39 is 0 Å². The molecule has 0 aliphatic carbocycles. The van der Waals surface area contributed by atoms with Gasteiger partial charge in [-0.05, 0) is 48.6 Å². The fourth-order valence-electron chi connectivity index (χ4n) is 3.53. The summed E-state index contributed by atoms with van der Waals surface area (Å²) >= 11 is 0. The Labute approximate surface area is 145 Å². The van der Waals surface area contributed by atoms with Crippen molar-refractivity contribution in [3.05, 3.63) is 76.3 Å². The summed E-state index contributed by atoms with van der Waals surface area (Å²) in [5.41, 5.74) is 2.01. The van der Waals surface area contributed by atoms with Crippen LogP contribution < -0.4 is 5.43 Å². The second-order valence-electron chi connectivity index (χ2n) is 6.54. The van der Waals surface area contributed by atoms with Crippen LogP contribution in [0, 0.1) is 5.92 Å². The number of amides is 1. The molecule has 1 aliphatic rings. The average Bonchev–Trinajstić information content (AvgIpc) is 3.11. The van der Waals surface area contributed by atoms with Gasteiger partial charge in [0.25, 0.3) is 5.91 Å². The molecule has 1 fully saturated rings. The second-order valence-corrected chi connectivity index (χ2v) is 6.54. The summed E-state index contributed by atoms with van der Waals surface area (Å²) in [7, 11) is 0. The first kappa shape index (κ1) is 15.6. The molecule has 1 N–H and O–H groups in total. The fraction of sp³-hybridized carbons (Fsp3) is 0.250. The van der Waals surface area contributed by atoms with Crippen LogP contribution in [0.3, 0.4) is 0 Å². The third kappa shape index (κ3) is 3.05. The van der Waals surface area contributed by atoms with E-state index in [4.69, 9.17) is 0 Å². The zero-order valence-electron chi connectivity index (χ0n) is 13.8. The highest BCUT2D eigenvalue weighted by molar-refractivity contribution is 5.97. The Bertz CT molecular complexity index is 965. The van der Waals surface area contributed by atoms with E-state index >= 15 is 0 Å². The SMILES string of the molecule is O=C(c1c[nH]c2ccccc2c1=O)N1CCC(Cc2ccncc2)C1. The number of rotatable bonds is 3. The number of benzene rings is 1. The molecule has 0 spiro atoms. The van der Waals surface area contributed by atoms with Gasteiger partial charge in [0.2, 0.25) is 5.43 Å². The van der Waals surface area contributed by atoms with Gasteiger partial charge in [-0.1, -0.05) is 12.1 Å². The molecule has 5 nitrogen and oxygen atoms in total. The molecule has 0 radical (unpaired) electrons. The summed E-state index contributed by atoms with van der Waals surface area (Å²) in [4.78, 5) is 34.3. The lowest BCUT2D eigenvalue weighted by molar-refractivity contribution is 0.0785. The minimum Gasteiger partial charge on any atom is -0.360 e. The lowest BCUT2D eigenvalue weighted by Gasteiger charge is -2.16. The van der Waals surface area contributed by atoms with E-state index in [9.17, 15) is 9.59 Å². The van der Waals surface area contributed by atoms with Gasteiger partial charge in [-0.2, -0.15) is 0 Å². The summed E-state index contributed by atoms with van der Waals surface area (Å²) in [6.07, 6.45) is 7.02. The van der Waals surface area contributed by atoms with Crippen molar-refractivity contribution < 1.29 is 4.79 Å². The van der Waals surface area contributed by atoms with E-state index in [0.717, 1.165) is 18.4 Å². The van der Waals surface area contributed by atoms with Crippen LogP contribution in [0.25, 0.3) is 10.9 Å². The Kier molecular flexibility index (Phi) is 4.06. The Morgan fingerprint density at radius 2 is 2.00 bits per heavy atom. The molecule has 1 saturated heterocycles. The fourth-order valence-corrected chi connectivity index (χ4v) is 3.53. The highest BCUT2D eigenvalue weighted by Crippen LogP contribution is 2.22. The van der Waals surface area contributed by atoms with Gasteiger partial charge in [0.05, 0.1) is 0 Å². The molecule has 25 heavy (non-hydrogen) atoms. The van der Waals surface area contributed by atoms with Gasteiger partial charge in [-0.25, -0.2) is 0 Å². The highest BCUT2D eigenvalue weighted by Gasteiger charge is 2.28. The molecule has 1 atom stereocenters. The summed E-state index contributed by atoms with van der Waals surface area (Å²) < 4.78 is 0. The summed E-state index contributed by atoms with van der Waals surface area (Å²) in [5, 5.41) is 0.556. The first-order valence-corrected chi connectivity index (χ1v) is 8.51. The number of hydrogen-bond acceptors (Lipinski definition) is 3. The normalized spacial score (nSPS) is 17.1. The molecule has 4 rings (SSSR count). The van der Waals surface area contributed by atoms with E-state index in [0.29, 0.717) is 24.4 Å². The van der Waals surface area contributed by atoms with Crippen molar-refractivity contribution in [3.63, 3.8) is 0 Å². The Hall–Kier alpha value is -2.95. The lowest BCUT2D eigenvalue weighted by atomic mass is 10.00. The van der Waals surface area contributed by atoms with Gasteiger partial charge in [-0.15, -0.1) is 0 Å². The maximum atomic E-state index is 12.8. The third-order valence-corrected chi connectivity index (χ3v) is 4.87. The van der Waals surface area contributed by atoms with Gasteiger partial charge in [-0.3, -0.25) is 14.6 Å². The number of carbonyl (C=O) groups is 1. The Morgan fingerprint density at radius 3 is 2.84 bits per heavy atom. The van der Waals surface area contributed by atoms with Crippen LogP contribution in [0.4, 0.5) is 0 Å². The summed E-state index contributed by atoms with van der Waals surface area (Å²) in [6, 6.07) is 11.3. The Balaban J connectivity index is 1.52. The van der Waals surface area contributed by atoms with Crippen LogP contribution in [-0.2, 0) is 6.42 Å². The number of aromatic nitrogens is 2. The molecular weight excluding hydrogens is 314 g/mol. The van der Waals surface area contributed by atoms with E-state index in [1.165, 1.54) is 5.56 Å². The minimum atomic E-state index is -0.197. The molecule has 1 aromatic carbocycles.